The summed E-state index contributed by atoms with van der Waals surface area (Å²) >= 11 is 1.52. The number of methoxy groups -OCH3 is 1. The Labute approximate surface area is 196 Å². The number of nitrogens with zero attached hydrogens (tertiary/aromatic N) is 3. The topological polar surface area (TPSA) is 55.3 Å². The lowest BCUT2D eigenvalue weighted by atomic mass is 10.0. The van der Waals surface area contributed by atoms with Crippen LogP contribution < -0.4 is 9.64 Å². The maximum absolute atomic E-state index is 14.0. The van der Waals surface area contributed by atoms with Crippen molar-refractivity contribution in [3.8, 4) is 5.75 Å². The molecular formula is C27H23N3O2S. The number of carbonyl (C=O) groups is 1. The summed E-state index contributed by atoms with van der Waals surface area (Å²) in [5, 5.41) is 2.66. The van der Waals surface area contributed by atoms with E-state index in [0.717, 1.165) is 33.1 Å². The molecule has 164 valence electrons. The Morgan fingerprint density at radius 2 is 1.79 bits per heavy atom. The Kier molecular flexibility index (Phi) is 5.75. The van der Waals surface area contributed by atoms with E-state index in [4.69, 9.17) is 9.72 Å². The molecule has 0 saturated heterocycles. The van der Waals surface area contributed by atoms with E-state index >= 15 is 0 Å². The van der Waals surface area contributed by atoms with Crippen molar-refractivity contribution >= 4 is 43.4 Å². The summed E-state index contributed by atoms with van der Waals surface area (Å²) in [5.74, 6) is 0.375. The first-order chi connectivity index (χ1) is 16.2. The number of hydrogen-bond donors (Lipinski definition) is 0. The van der Waals surface area contributed by atoms with Crippen LogP contribution in [0.25, 0.3) is 21.0 Å². The van der Waals surface area contributed by atoms with Crippen molar-refractivity contribution in [3.63, 3.8) is 0 Å². The van der Waals surface area contributed by atoms with E-state index in [1.54, 1.807) is 18.2 Å². The Balaban J connectivity index is 1.65. The zero-order valence-corrected chi connectivity index (χ0v) is 19.3. The van der Waals surface area contributed by atoms with Crippen LogP contribution in [0, 0.1) is 0 Å². The quantitative estimate of drug-likeness (QED) is 0.304. The van der Waals surface area contributed by atoms with Crippen LogP contribution in [0.15, 0.2) is 79.0 Å². The summed E-state index contributed by atoms with van der Waals surface area (Å²) in [6, 6.07) is 23.7. The second kappa shape index (κ2) is 9.00. The minimum atomic E-state index is -0.166. The van der Waals surface area contributed by atoms with Gasteiger partial charge in [-0.2, -0.15) is 0 Å². The van der Waals surface area contributed by atoms with Gasteiger partial charge >= 0.3 is 0 Å². The zero-order chi connectivity index (χ0) is 22.8. The molecular weight excluding hydrogens is 430 g/mol. The summed E-state index contributed by atoms with van der Waals surface area (Å²) in [5.41, 5.74) is 3.41. The van der Waals surface area contributed by atoms with E-state index in [2.05, 4.69) is 24.0 Å². The molecule has 0 aliphatic heterocycles. The van der Waals surface area contributed by atoms with Crippen LogP contribution in [0.4, 0.5) is 5.13 Å². The second-order valence-electron chi connectivity index (χ2n) is 7.73. The molecule has 33 heavy (non-hydrogen) atoms. The number of amides is 1. The fourth-order valence-corrected chi connectivity index (χ4v) is 4.99. The molecule has 0 aliphatic rings. The molecule has 6 heteroatoms. The second-order valence-corrected chi connectivity index (χ2v) is 8.73. The van der Waals surface area contributed by atoms with Crippen molar-refractivity contribution < 1.29 is 9.53 Å². The highest BCUT2D eigenvalue weighted by molar-refractivity contribution is 7.22. The lowest BCUT2D eigenvalue weighted by Gasteiger charge is -2.21. The number of ether oxygens (including phenoxy) is 1. The summed E-state index contributed by atoms with van der Waals surface area (Å²) in [4.78, 5) is 25.0. The third kappa shape index (κ3) is 4.05. The smallest absolute Gasteiger partial charge is 0.264 e. The first-order valence-electron chi connectivity index (χ1n) is 10.8. The van der Waals surface area contributed by atoms with Crippen LogP contribution in [0.3, 0.4) is 0 Å². The Hall–Kier alpha value is -3.77. The third-order valence-corrected chi connectivity index (χ3v) is 6.74. The van der Waals surface area contributed by atoms with Crippen molar-refractivity contribution in [2.24, 2.45) is 0 Å². The van der Waals surface area contributed by atoms with Gasteiger partial charge in [0.05, 0.1) is 35.1 Å². The number of pyridine rings is 1. The van der Waals surface area contributed by atoms with Crippen LogP contribution >= 0.6 is 11.3 Å². The van der Waals surface area contributed by atoms with E-state index in [1.807, 2.05) is 60.7 Å². The van der Waals surface area contributed by atoms with E-state index in [0.29, 0.717) is 23.0 Å². The van der Waals surface area contributed by atoms with Crippen molar-refractivity contribution in [1.29, 1.82) is 0 Å². The van der Waals surface area contributed by atoms with E-state index in [9.17, 15) is 4.79 Å². The van der Waals surface area contributed by atoms with Crippen LogP contribution in [-0.2, 0) is 13.0 Å². The first-order valence-corrected chi connectivity index (χ1v) is 11.7. The molecule has 2 heterocycles. The number of anilines is 1. The van der Waals surface area contributed by atoms with Gasteiger partial charge in [0.15, 0.2) is 5.13 Å². The molecule has 5 rings (SSSR count). The predicted molar refractivity (Wildman–Crippen MR) is 134 cm³/mol. The first kappa shape index (κ1) is 21.1. The van der Waals surface area contributed by atoms with Crippen LogP contribution in [-0.4, -0.2) is 23.0 Å². The molecule has 0 radical (unpaired) electrons. The van der Waals surface area contributed by atoms with Crippen molar-refractivity contribution in [3.05, 3.63) is 95.8 Å². The van der Waals surface area contributed by atoms with E-state index in [1.165, 1.54) is 16.9 Å². The summed E-state index contributed by atoms with van der Waals surface area (Å²) in [6.07, 6.45) is 2.62. The van der Waals surface area contributed by atoms with Gasteiger partial charge in [0.2, 0.25) is 0 Å². The van der Waals surface area contributed by atoms with Gasteiger partial charge < -0.3 is 4.74 Å². The molecule has 0 atom stereocenters. The van der Waals surface area contributed by atoms with Gasteiger partial charge in [-0.15, -0.1) is 0 Å². The largest absolute Gasteiger partial charge is 0.496 e. The lowest BCUT2D eigenvalue weighted by molar-refractivity contribution is 0.0982. The highest BCUT2D eigenvalue weighted by Crippen LogP contribution is 2.34. The van der Waals surface area contributed by atoms with Crippen molar-refractivity contribution in [2.45, 2.75) is 19.9 Å². The number of benzene rings is 3. The maximum atomic E-state index is 14.0. The SMILES string of the molecule is CCc1cccc2sc(N(Cc3ccccn3)C(=O)c3cc4ccccc4cc3OC)nc12. The average molecular weight is 454 g/mol. The number of fused-ring (bicyclic) bond motifs is 2. The normalized spacial score (nSPS) is 11.1. The number of thiazole rings is 1. The van der Waals surface area contributed by atoms with Gasteiger partial charge in [0, 0.05) is 6.20 Å². The highest BCUT2D eigenvalue weighted by Gasteiger charge is 2.25. The zero-order valence-electron chi connectivity index (χ0n) is 18.5. The third-order valence-electron chi connectivity index (χ3n) is 5.69. The van der Waals surface area contributed by atoms with Gasteiger partial charge in [-0.1, -0.05) is 60.7 Å². The summed E-state index contributed by atoms with van der Waals surface area (Å²) in [7, 11) is 1.59. The van der Waals surface area contributed by atoms with Gasteiger partial charge in [-0.25, -0.2) is 4.98 Å². The Morgan fingerprint density at radius 1 is 1.00 bits per heavy atom. The van der Waals surface area contributed by atoms with E-state index < -0.39 is 0 Å². The van der Waals surface area contributed by atoms with Gasteiger partial charge in [0.1, 0.15) is 5.75 Å². The molecule has 3 aromatic carbocycles. The molecule has 0 unspecified atom stereocenters. The molecule has 0 N–H and O–H groups in total. The number of hydrogen-bond acceptors (Lipinski definition) is 5. The molecule has 5 aromatic rings. The number of rotatable bonds is 6. The van der Waals surface area contributed by atoms with Crippen LogP contribution in [0.2, 0.25) is 0 Å². The Bertz CT molecular complexity index is 1450. The maximum Gasteiger partial charge on any atom is 0.264 e. The fourth-order valence-electron chi connectivity index (χ4n) is 3.98. The summed E-state index contributed by atoms with van der Waals surface area (Å²) < 4.78 is 6.69. The van der Waals surface area contributed by atoms with Crippen molar-refractivity contribution in [1.82, 2.24) is 9.97 Å². The minimum Gasteiger partial charge on any atom is -0.496 e. The molecule has 0 saturated carbocycles. The number of carbonyl (C=O) groups excluding carboxylic acids is 1. The lowest BCUT2D eigenvalue weighted by Crippen LogP contribution is -2.31. The predicted octanol–water partition coefficient (Wildman–Crippen LogP) is 6.26. The van der Waals surface area contributed by atoms with Crippen LogP contribution in [0.5, 0.6) is 5.75 Å². The monoisotopic (exact) mass is 453 g/mol. The number of aryl methyl sites for hydroxylation is 1. The van der Waals surface area contributed by atoms with Gasteiger partial charge in [-0.05, 0) is 53.1 Å². The van der Waals surface area contributed by atoms with Gasteiger partial charge in [0.25, 0.3) is 5.91 Å². The molecule has 1 amide bonds. The van der Waals surface area contributed by atoms with E-state index in [-0.39, 0.29) is 5.91 Å². The highest BCUT2D eigenvalue weighted by atomic mass is 32.1. The fraction of sp³-hybridized carbons (Fsp3) is 0.148. The summed E-state index contributed by atoms with van der Waals surface area (Å²) in [6.45, 7) is 2.43. The van der Waals surface area contributed by atoms with Crippen LogP contribution in [0.1, 0.15) is 28.5 Å². The molecule has 5 nitrogen and oxygen atoms in total. The molecule has 0 fully saturated rings. The Morgan fingerprint density at radius 3 is 2.52 bits per heavy atom. The molecule has 2 aromatic heterocycles. The average Bonchev–Trinajstić information content (AvgIpc) is 3.31. The number of aromatic nitrogens is 2. The van der Waals surface area contributed by atoms with Crippen molar-refractivity contribution in [2.75, 3.05) is 12.0 Å². The molecule has 0 bridgehead atoms. The number of para-hydroxylation sites is 1. The standard InChI is InChI=1S/C27H23N3O2S/c1-3-18-11-8-13-24-25(18)29-27(33-24)30(17-21-12-6-7-14-28-21)26(31)22-15-19-9-4-5-10-20(19)16-23(22)32-2/h4-16H,3,17H2,1-2H3. The molecule has 0 aliphatic carbocycles. The minimum absolute atomic E-state index is 0.166. The van der Waals surface area contributed by atoms with Gasteiger partial charge in [-0.3, -0.25) is 14.7 Å². The molecule has 0 spiro atoms.